The Kier molecular flexibility index (Phi) is 2.94. The number of thioether (sulfide) groups is 1. The van der Waals surface area contributed by atoms with Crippen molar-refractivity contribution in [2.45, 2.75) is 31.4 Å². The number of hydrogen-bond acceptors (Lipinski definition) is 3. The molecule has 0 aromatic carbocycles. The molecule has 0 aromatic rings. The lowest BCUT2D eigenvalue weighted by molar-refractivity contribution is 0.0663. The van der Waals surface area contributed by atoms with Crippen LogP contribution < -0.4 is 0 Å². The van der Waals surface area contributed by atoms with Gasteiger partial charge in [-0.05, 0) is 25.0 Å². The van der Waals surface area contributed by atoms with E-state index in [1.807, 2.05) is 0 Å². The maximum Gasteiger partial charge on any atom is 0.0564 e. The second-order valence-electron chi connectivity index (χ2n) is 3.78. The van der Waals surface area contributed by atoms with E-state index in [-0.39, 0.29) is 6.10 Å². The summed E-state index contributed by atoms with van der Waals surface area (Å²) in [6.07, 6.45) is 3.32. The topological polar surface area (TPSA) is 23.5 Å². The first kappa shape index (κ1) is 8.85. The van der Waals surface area contributed by atoms with Crippen LogP contribution in [-0.2, 0) is 0 Å². The number of aliphatic hydroxyl groups is 1. The van der Waals surface area contributed by atoms with E-state index >= 15 is 0 Å². The molecule has 2 rings (SSSR count). The first-order valence-electron chi connectivity index (χ1n) is 4.86. The molecule has 1 N–H and O–H groups in total. The first-order valence-corrected chi connectivity index (χ1v) is 6.01. The van der Waals surface area contributed by atoms with Crippen molar-refractivity contribution in [3.8, 4) is 0 Å². The fourth-order valence-corrected chi connectivity index (χ4v) is 3.32. The summed E-state index contributed by atoms with van der Waals surface area (Å²) in [5.41, 5.74) is 0. The predicted molar refractivity (Wildman–Crippen MR) is 52.5 cm³/mol. The Hall–Kier alpha value is 0.270. The molecule has 0 amide bonds. The zero-order valence-electron chi connectivity index (χ0n) is 7.41. The van der Waals surface area contributed by atoms with Crippen LogP contribution in [0.5, 0.6) is 0 Å². The van der Waals surface area contributed by atoms with Crippen LogP contribution in [0.15, 0.2) is 0 Å². The molecule has 1 atom stereocenters. The highest BCUT2D eigenvalue weighted by atomic mass is 32.2. The molecule has 0 saturated carbocycles. The molecule has 2 saturated heterocycles. The van der Waals surface area contributed by atoms with Gasteiger partial charge in [0.25, 0.3) is 0 Å². The summed E-state index contributed by atoms with van der Waals surface area (Å²) in [5, 5.41) is 9.34. The van der Waals surface area contributed by atoms with Gasteiger partial charge in [-0.25, -0.2) is 0 Å². The second kappa shape index (κ2) is 3.99. The summed E-state index contributed by atoms with van der Waals surface area (Å²) in [6.45, 7) is 2.23. The van der Waals surface area contributed by atoms with Gasteiger partial charge in [0.05, 0.1) is 6.10 Å². The van der Waals surface area contributed by atoms with E-state index in [1.54, 1.807) is 0 Å². The van der Waals surface area contributed by atoms with Gasteiger partial charge in [-0.1, -0.05) is 0 Å². The SMILES string of the molecule is OC1CCN([C@@H]2CCSC2)CC1. The van der Waals surface area contributed by atoms with E-state index in [1.165, 1.54) is 17.9 Å². The Morgan fingerprint density at radius 2 is 1.92 bits per heavy atom. The summed E-state index contributed by atoms with van der Waals surface area (Å²) in [4.78, 5) is 2.56. The lowest BCUT2D eigenvalue weighted by Gasteiger charge is -2.33. The van der Waals surface area contributed by atoms with E-state index in [0.29, 0.717) is 0 Å². The zero-order valence-corrected chi connectivity index (χ0v) is 8.22. The van der Waals surface area contributed by atoms with Crippen molar-refractivity contribution in [3.63, 3.8) is 0 Å². The van der Waals surface area contributed by atoms with Crippen molar-refractivity contribution in [1.82, 2.24) is 4.90 Å². The fraction of sp³-hybridized carbons (Fsp3) is 1.00. The van der Waals surface area contributed by atoms with Crippen LogP contribution in [0.2, 0.25) is 0 Å². The Morgan fingerprint density at radius 3 is 2.50 bits per heavy atom. The molecule has 2 fully saturated rings. The molecule has 0 aromatic heterocycles. The van der Waals surface area contributed by atoms with Gasteiger partial charge >= 0.3 is 0 Å². The normalized spacial score (nSPS) is 34.2. The van der Waals surface area contributed by atoms with Crippen LogP contribution in [0.3, 0.4) is 0 Å². The molecule has 12 heavy (non-hydrogen) atoms. The van der Waals surface area contributed by atoms with Gasteiger partial charge in [0, 0.05) is 24.9 Å². The number of nitrogens with zero attached hydrogens (tertiary/aromatic N) is 1. The summed E-state index contributed by atoms with van der Waals surface area (Å²) in [6, 6.07) is 0.822. The minimum absolute atomic E-state index is 0.0182. The highest BCUT2D eigenvalue weighted by Crippen LogP contribution is 2.24. The molecule has 0 bridgehead atoms. The molecule has 2 aliphatic heterocycles. The number of aliphatic hydroxyl groups excluding tert-OH is 1. The summed E-state index contributed by atoms with van der Waals surface area (Å²) in [7, 11) is 0. The van der Waals surface area contributed by atoms with Crippen LogP contribution in [-0.4, -0.2) is 46.7 Å². The number of piperidine rings is 1. The van der Waals surface area contributed by atoms with Crippen molar-refractivity contribution >= 4 is 11.8 Å². The Morgan fingerprint density at radius 1 is 1.17 bits per heavy atom. The van der Waals surface area contributed by atoms with Crippen molar-refractivity contribution in [1.29, 1.82) is 0 Å². The Bertz CT molecular complexity index is 139. The molecule has 2 heterocycles. The average molecular weight is 187 g/mol. The van der Waals surface area contributed by atoms with Gasteiger partial charge in [-0.15, -0.1) is 0 Å². The second-order valence-corrected chi connectivity index (χ2v) is 4.93. The minimum Gasteiger partial charge on any atom is -0.393 e. The monoisotopic (exact) mass is 187 g/mol. The van der Waals surface area contributed by atoms with E-state index in [4.69, 9.17) is 0 Å². The molecule has 2 nitrogen and oxygen atoms in total. The quantitative estimate of drug-likeness (QED) is 0.661. The highest BCUT2D eigenvalue weighted by Gasteiger charge is 2.26. The predicted octanol–water partition coefficient (Wildman–Crippen LogP) is 0.949. The summed E-state index contributed by atoms with van der Waals surface area (Å²) < 4.78 is 0. The third kappa shape index (κ3) is 1.95. The number of hydrogen-bond donors (Lipinski definition) is 1. The number of likely N-dealkylation sites (tertiary alicyclic amines) is 1. The van der Waals surface area contributed by atoms with Gasteiger partial charge in [0.2, 0.25) is 0 Å². The maximum atomic E-state index is 9.34. The zero-order chi connectivity index (χ0) is 8.39. The fourth-order valence-electron chi connectivity index (χ4n) is 2.06. The van der Waals surface area contributed by atoms with E-state index in [9.17, 15) is 5.11 Å². The van der Waals surface area contributed by atoms with Crippen LogP contribution in [0.25, 0.3) is 0 Å². The largest absolute Gasteiger partial charge is 0.393 e. The standard InChI is InChI=1S/C9H17NOS/c11-9-1-4-10(5-2-9)8-3-6-12-7-8/h8-9,11H,1-7H2/t8-/m1/s1. The maximum absolute atomic E-state index is 9.34. The summed E-state index contributed by atoms with van der Waals surface area (Å²) >= 11 is 2.07. The smallest absolute Gasteiger partial charge is 0.0564 e. The molecule has 0 spiro atoms. The van der Waals surface area contributed by atoms with E-state index in [2.05, 4.69) is 16.7 Å². The van der Waals surface area contributed by atoms with Gasteiger partial charge in [0.1, 0.15) is 0 Å². The van der Waals surface area contributed by atoms with Crippen LogP contribution in [0.1, 0.15) is 19.3 Å². The molecule has 0 unspecified atom stereocenters. The van der Waals surface area contributed by atoms with Crippen LogP contribution in [0, 0.1) is 0 Å². The van der Waals surface area contributed by atoms with E-state index < -0.39 is 0 Å². The van der Waals surface area contributed by atoms with Crippen LogP contribution in [0.4, 0.5) is 0 Å². The molecular weight excluding hydrogens is 170 g/mol. The first-order chi connectivity index (χ1) is 5.86. The molecule has 0 aliphatic carbocycles. The van der Waals surface area contributed by atoms with Gasteiger partial charge in [-0.3, -0.25) is 4.90 Å². The number of rotatable bonds is 1. The lowest BCUT2D eigenvalue weighted by atomic mass is 10.1. The van der Waals surface area contributed by atoms with Crippen molar-refractivity contribution in [3.05, 3.63) is 0 Å². The molecule has 70 valence electrons. The van der Waals surface area contributed by atoms with Crippen molar-refractivity contribution < 1.29 is 5.11 Å². The van der Waals surface area contributed by atoms with Gasteiger partial charge < -0.3 is 5.11 Å². The Balaban J connectivity index is 1.80. The van der Waals surface area contributed by atoms with Crippen molar-refractivity contribution in [2.24, 2.45) is 0 Å². The van der Waals surface area contributed by atoms with Gasteiger partial charge in [0.15, 0.2) is 0 Å². The average Bonchev–Trinajstić information content (AvgIpc) is 2.58. The third-order valence-corrected chi connectivity index (χ3v) is 4.07. The molecule has 3 heteroatoms. The van der Waals surface area contributed by atoms with Gasteiger partial charge in [-0.2, -0.15) is 11.8 Å². The lowest BCUT2D eigenvalue weighted by Crippen LogP contribution is -2.42. The third-order valence-electron chi connectivity index (χ3n) is 2.92. The molecule has 0 radical (unpaired) electrons. The minimum atomic E-state index is -0.0182. The molecule has 2 aliphatic rings. The highest BCUT2D eigenvalue weighted by molar-refractivity contribution is 7.99. The Labute approximate surface area is 78.3 Å². The van der Waals surface area contributed by atoms with E-state index in [0.717, 1.165) is 32.0 Å². The summed E-state index contributed by atoms with van der Waals surface area (Å²) in [5.74, 6) is 2.65. The van der Waals surface area contributed by atoms with Crippen molar-refractivity contribution in [2.75, 3.05) is 24.6 Å². The van der Waals surface area contributed by atoms with Crippen LogP contribution >= 0.6 is 11.8 Å². The molecular formula is C9H17NOS.